The molecule has 1 rings (SSSR count). The molecule has 0 N–H and O–H groups in total. The summed E-state index contributed by atoms with van der Waals surface area (Å²) in [6.45, 7) is 3.05. The first-order chi connectivity index (χ1) is 7.11. The second-order valence-corrected chi connectivity index (χ2v) is 4.64. The van der Waals surface area contributed by atoms with Crippen LogP contribution in [0.4, 0.5) is 4.39 Å². The Morgan fingerprint density at radius 1 is 1.33 bits per heavy atom. The molecule has 4 heteroatoms. The molecule has 0 saturated carbocycles. The second kappa shape index (κ2) is 5.56. The van der Waals surface area contributed by atoms with Crippen molar-refractivity contribution in [2.24, 2.45) is 0 Å². The number of aromatic nitrogens is 1. The number of rotatable bonds is 3. The Bertz CT molecular complexity index is 408. The van der Waals surface area contributed by atoms with Crippen molar-refractivity contribution in [2.75, 3.05) is 0 Å². The van der Waals surface area contributed by atoms with Crippen molar-refractivity contribution in [3.05, 3.63) is 47.4 Å². The summed E-state index contributed by atoms with van der Waals surface area (Å²) in [5.74, 6) is -0.305. The van der Waals surface area contributed by atoms with Crippen molar-refractivity contribution < 1.29 is 8.60 Å². The average molecular weight is 225 g/mol. The van der Waals surface area contributed by atoms with Crippen LogP contribution in [0.15, 0.2) is 52.3 Å². The average Bonchev–Trinajstić information content (AvgIpc) is 2.26. The molecule has 1 aromatic heterocycles. The Morgan fingerprint density at radius 2 is 1.93 bits per heavy atom. The SMILES string of the molecule is C/C(F)=C\C=C(/C)S(=O)c1ccncc1. The number of pyridine rings is 1. The Balaban J connectivity index is 2.87. The van der Waals surface area contributed by atoms with Gasteiger partial charge in [0.15, 0.2) is 0 Å². The van der Waals surface area contributed by atoms with Gasteiger partial charge in [-0.3, -0.25) is 4.98 Å². The predicted octanol–water partition coefficient (Wildman–Crippen LogP) is 2.97. The highest BCUT2D eigenvalue weighted by Gasteiger charge is 2.04. The van der Waals surface area contributed by atoms with Crippen LogP contribution in [0.5, 0.6) is 0 Å². The fourth-order valence-corrected chi connectivity index (χ4v) is 1.87. The summed E-state index contributed by atoms with van der Waals surface area (Å²) in [7, 11) is -1.23. The number of hydrogen-bond acceptors (Lipinski definition) is 2. The molecule has 0 spiro atoms. The van der Waals surface area contributed by atoms with Crippen LogP contribution in [0.3, 0.4) is 0 Å². The normalized spacial score (nSPS) is 15.1. The number of allylic oxidation sites excluding steroid dienone is 4. The third-order valence-corrected chi connectivity index (χ3v) is 3.13. The zero-order chi connectivity index (χ0) is 11.3. The second-order valence-electron chi connectivity index (χ2n) is 2.98. The van der Waals surface area contributed by atoms with E-state index < -0.39 is 10.8 Å². The lowest BCUT2D eigenvalue weighted by molar-refractivity contribution is 0.640. The predicted molar refractivity (Wildman–Crippen MR) is 59.3 cm³/mol. The van der Waals surface area contributed by atoms with Gasteiger partial charge in [-0.15, -0.1) is 0 Å². The summed E-state index contributed by atoms with van der Waals surface area (Å²) in [5, 5.41) is 0. The van der Waals surface area contributed by atoms with Gasteiger partial charge in [0.25, 0.3) is 0 Å². The molecule has 0 aliphatic rings. The molecule has 1 aromatic rings. The third kappa shape index (κ3) is 3.75. The van der Waals surface area contributed by atoms with Gasteiger partial charge in [-0.25, -0.2) is 8.60 Å². The molecule has 1 atom stereocenters. The van der Waals surface area contributed by atoms with Gasteiger partial charge in [-0.1, -0.05) is 0 Å². The molecular formula is C11H12FNOS. The Hall–Kier alpha value is -1.29. The van der Waals surface area contributed by atoms with E-state index in [-0.39, 0.29) is 5.83 Å². The van der Waals surface area contributed by atoms with E-state index in [2.05, 4.69) is 4.98 Å². The summed E-state index contributed by atoms with van der Waals surface area (Å²) in [6.07, 6.45) is 5.98. The summed E-state index contributed by atoms with van der Waals surface area (Å²) >= 11 is 0. The van der Waals surface area contributed by atoms with Crippen molar-refractivity contribution in [3.8, 4) is 0 Å². The summed E-state index contributed by atoms with van der Waals surface area (Å²) in [4.78, 5) is 5.11. The van der Waals surface area contributed by atoms with Crippen LogP contribution in [0, 0.1) is 0 Å². The van der Waals surface area contributed by atoms with Crippen LogP contribution < -0.4 is 0 Å². The first-order valence-corrected chi connectivity index (χ1v) is 5.58. The Labute approximate surface area is 91.0 Å². The van der Waals surface area contributed by atoms with Crippen molar-refractivity contribution in [1.82, 2.24) is 4.98 Å². The molecule has 0 aliphatic heterocycles. The van der Waals surface area contributed by atoms with Crippen LogP contribution in [-0.4, -0.2) is 9.19 Å². The molecule has 0 radical (unpaired) electrons. The van der Waals surface area contributed by atoms with Gasteiger partial charge in [0.2, 0.25) is 0 Å². The maximum absolute atomic E-state index is 12.4. The van der Waals surface area contributed by atoms with Crippen LogP contribution in [0.2, 0.25) is 0 Å². The topological polar surface area (TPSA) is 30.0 Å². The van der Waals surface area contributed by atoms with Crippen LogP contribution in [0.25, 0.3) is 0 Å². The van der Waals surface area contributed by atoms with E-state index in [0.717, 1.165) is 0 Å². The highest BCUT2D eigenvalue weighted by Crippen LogP contribution is 2.13. The van der Waals surface area contributed by atoms with Crippen LogP contribution >= 0.6 is 0 Å². The number of hydrogen-bond donors (Lipinski definition) is 0. The largest absolute Gasteiger partial charge is 0.265 e. The third-order valence-electron chi connectivity index (χ3n) is 1.70. The first kappa shape index (κ1) is 11.8. The van der Waals surface area contributed by atoms with Gasteiger partial charge in [0, 0.05) is 22.2 Å². The maximum atomic E-state index is 12.4. The van der Waals surface area contributed by atoms with Gasteiger partial charge in [0.05, 0.1) is 16.6 Å². The number of nitrogens with zero attached hydrogens (tertiary/aromatic N) is 1. The van der Waals surface area contributed by atoms with Crippen molar-refractivity contribution >= 4 is 10.8 Å². The quantitative estimate of drug-likeness (QED) is 0.740. The lowest BCUT2D eigenvalue weighted by atomic mass is 10.4. The van der Waals surface area contributed by atoms with Gasteiger partial charge in [-0.05, 0) is 38.1 Å². The van der Waals surface area contributed by atoms with E-state index in [1.54, 1.807) is 31.5 Å². The minimum atomic E-state index is -1.23. The minimum Gasteiger partial charge on any atom is -0.265 e. The van der Waals surface area contributed by atoms with E-state index in [4.69, 9.17) is 0 Å². The molecule has 0 aliphatic carbocycles. The van der Waals surface area contributed by atoms with Gasteiger partial charge >= 0.3 is 0 Å². The molecular weight excluding hydrogens is 213 g/mol. The van der Waals surface area contributed by atoms with Crippen molar-refractivity contribution in [1.29, 1.82) is 0 Å². The van der Waals surface area contributed by atoms with E-state index in [1.807, 2.05) is 0 Å². The lowest BCUT2D eigenvalue weighted by Gasteiger charge is -2.00. The summed E-state index contributed by atoms with van der Waals surface area (Å²) < 4.78 is 24.3. The maximum Gasteiger partial charge on any atom is 0.0968 e. The zero-order valence-corrected chi connectivity index (χ0v) is 9.42. The highest BCUT2D eigenvalue weighted by atomic mass is 32.2. The lowest BCUT2D eigenvalue weighted by Crippen LogP contribution is -1.92. The minimum absolute atomic E-state index is 0.305. The molecule has 0 fully saturated rings. The summed E-state index contributed by atoms with van der Waals surface area (Å²) in [5.41, 5.74) is 0. The molecule has 0 aromatic carbocycles. The van der Waals surface area contributed by atoms with E-state index in [9.17, 15) is 8.60 Å². The smallest absolute Gasteiger partial charge is 0.0968 e. The molecule has 2 nitrogen and oxygen atoms in total. The van der Waals surface area contributed by atoms with Gasteiger partial charge < -0.3 is 0 Å². The molecule has 15 heavy (non-hydrogen) atoms. The molecule has 80 valence electrons. The van der Waals surface area contributed by atoms with Gasteiger partial charge in [0.1, 0.15) is 0 Å². The van der Waals surface area contributed by atoms with Crippen molar-refractivity contribution in [2.45, 2.75) is 18.7 Å². The van der Waals surface area contributed by atoms with E-state index in [0.29, 0.717) is 9.80 Å². The molecule has 1 heterocycles. The fraction of sp³-hybridized carbons (Fsp3) is 0.182. The molecule has 0 amide bonds. The van der Waals surface area contributed by atoms with Crippen LogP contribution in [0.1, 0.15) is 13.8 Å². The molecule has 0 saturated heterocycles. The first-order valence-electron chi connectivity index (χ1n) is 4.43. The number of halogens is 1. The fourth-order valence-electron chi connectivity index (χ4n) is 0.942. The monoisotopic (exact) mass is 225 g/mol. The molecule has 1 unspecified atom stereocenters. The van der Waals surface area contributed by atoms with E-state index in [1.165, 1.54) is 19.1 Å². The standard InChI is InChI=1S/C11H12FNOS/c1-9(12)3-4-10(2)15(14)11-5-7-13-8-6-11/h3-8H,1-2H3/b9-3+,10-4+. The van der Waals surface area contributed by atoms with E-state index >= 15 is 0 Å². The Kier molecular flexibility index (Phi) is 4.37. The van der Waals surface area contributed by atoms with Crippen LogP contribution in [-0.2, 0) is 10.8 Å². The molecule has 0 bridgehead atoms. The summed E-state index contributed by atoms with van der Waals surface area (Å²) in [6, 6.07) is 3.36. The zero-order valence-electron chi connectivity index (χ0n) is 8.61. The highest BCUT2D eigenvalue weighted by molar-refractivity contribution is 7.89. The Morgan fingerprint density at radius 3 is 2.47 bits per heavy atom. The van der Waals surface area contributed by atoms with Crippen molar-refractivity contribution in [3.63, 3.8) is 0 Å². The van der Waals surface area contributed by atoms with Gasteiger partial charge in [-0.2, -0.15) is 0 Å².